The molecule has 0 saturated heterocycles. The molecule has 0 unspecified atom stereocenters. The summed E-state index contributed by atoms with van der Waals surface area (Å²) in [5.41, 5.74) is 21.3. The van der Waals surface area contributed by atoms with Gasteiger partial charge >= 0.3 is 0 Å². The van der Waals surface area contributed by atoms with Crippen molar-refractivity contribution in [2.24, 2.45) is 0 Å². The lowest BCUT2D eigenvalue weighted by Gasteiger charge is -2.33. The van der Waals surface area contributed by atoms with Crippen LogP contribution in [0.4, 0.5) is 17.1 Å². The zero-order chi connectivity index (χ0) is 39.7. The monoisotopic (exact) mass is 781 g/mol. The van der Waals surface area contributed by atoms with E-state index < -0.39 is 5.41 Å². The van der Waals surface area contributed by atoms with Crippen LogP contribution < -0.4 is 4.90 Å². The van der Waals surface area contributed by atoms with Gasteiger partial charge < -0.3 is 4.90 Å². The number of para-hydroxylation sites is 1. The first-order valence-corrected chi connectivity index (χ1v) is 21.8. The largest absolute Gasteiger partial charge is 0.310 e. The predicted octanol–water partition coefficient (Wildman–Crippen LogP) is 15.8. The zero-order valence-electron chi connectivity index (χ0n) is 33.4. The number of nitrogens with zero attached hydrogens (tertiary/aromatic N) is 1. The third kappa shape index (κ3) is 4.41. The second-order valence-electron chi connectivity index (χ2n) is 17.2. The van der Waals surface area contributed by atoms with Crippen LogP contribution in [0.25, 0.3) is 64.7 Å². The molecule has 2 heteroatoms. The highest BCUT2D eigenvalue weighted by molar-refractivity contribution is 7.25. The first-order valence-electron chi connectivity index (χ1n) is 21.0. The van der Waals surface area contributed by atoms with E-state index in [0.717, 1.165) is 17.1 Å². The molecule has 0 atom stereocenters. The van der Waals surface area contributed by atoms with Gasteiger partial charge in [-0.05, 0) is 121 Å². The Morgan fingerprint density at radius 3 is 1.47 bits per heavy atom. The zero-order valence-corrected chi connectivity index (χ0v) is 34.2. The van der Waals surface area contributed by atoms with Gasteiger partial charge in [-0.25, -0.2) is 0 Å². The number of anilines is 3. The maximum atomic E-state index is 2.54. The smallest absolute Gasteiger partial charge is 0.0726 e. The average molecular weight is 782 g/mol. The normalized spacial score (nSPS) is 14.4. The van der Waals surface area contributed by atoms with Gasteiger partial charge in [0.1, 0.15) is 0 Å². The van der Waals surface area contributed by atoms with Crippen molar-refractivity contribution in [1.29, 1.82) is 0 Å². The van der Waals surface area contributed by atoms with Gasteiger partial charge in [0.15, 0.2) is 0 Å². The first kappa shape index (κ1) is 33.9. The fourth-order valence-electron chi connectivity index (χ4n) is 11.3. The van der Waals surface area contributed by atoms with Crippen molar-refractivity contribution in [1.82, 2.24) is 0 Å². The molecule has 9 aromatic carbocycles. The lowest BCUT2D eigenvalue weighted by Crippen LogP contribution is -2.26. The van der Waals surface area contributed by atoms with Crippen molar-refractivity contribution in [2.75, 3.05) is 4.90 Å². The van der Waals surface area contributed by atoms with E-state index >= 15 is 0 Å². The molecule has 0 N–H and O–H groups in total. The van der Waals surface area contributed by atoms with Gasteiger partial charge in [0, 0.05) is 42.5 Å². The van der Waals surface area contributed by atoms with E-state index in [1.807, 2.05) is 11.3 Å². The molecule has 1 nitrogen and oxygen atoms in total. The van der Waals surface area contributed by atoms with Gasteiger partial charge in [-0.2, -0.15) is 0 Å². The highest BCUT2D eigenvalue weighted by Crippen LogP contribution is 2.63. The molecule has 0 amide bonds. The van der Waals surface area contributed by atoms with Crippen LogP contribution in [-0.2, 0) is 10.8 Å². The van der Waals surface area contributed by atoms with Gasteiger partial charge in [-0.1, -0.05) is 166 Å². The molecule has 3 aliphatic carbocycles. The molecule has 0 fully saturated rings. The maximum absolute atomic E-state index is 2.54. The third-order valence-electron chi connectivity index (χ3n) is 13.9. The minimum Gasteiger partial charge on any atom is -0.310 e. The van der Waals surface area contributed by atoms with Crippen molar-refractivity contribution in [3.05, 3.63) is 234 Å². The van der Waals surface area contributed by atoms with Crippen molar-refractivity contribution < 1.29 is 0 Å². The first-order chi connectivity index (χ1) is 29.5. The van der Waals surface area contributed by atoms with Gasteiger partial charge in [0.05, 0.1) is 11.1 Å². The number of fused-ring (bicyclic) bond motifs is 16. The molecule has 60 heavy (non-hydrogen) atoms. The fourth-order valence-corrected chi connectivity index (χ4v) is 12.4. The summed E-state index contributed by atoms with van der Waals surface area (Å²) >= 11 is 1.87. The molecule has 13 rings (SSSR count). The number of rotatable bonds is 4. The molecule has 282 valence electrons. The molecule has 1 spiro atoms. The van der Waals surface area contributed by atoms with Gasteiger partial charge in [-0.15, -0.1) is 11.3 Å². The molecular formula is C58H39NS. The van der Waals surface area contributed by atoms with Crippen molar-refractivity contribution in [3.63, 3.8) is 0 Å². The van der Waals surface area contributed by atoms with Crippen molar-refractivity contribution in [2.45, 2.75) is 24.7 Å². The van der Waals surface area contributed by atoms with Crippen LogP contribution in [0.15, 0.2) is 200 Å². The molecule has 0 saturated carbocycles. The summed E-state index contributed by atoms with van der Waals surface area (Å²) in [5.74, 6) is 0. The molecule has 10 aromatic rings. The summed E-state index contributed by atoms with van der Waals surface area (Å²) in [5, 5.41) is 2.62. The summed E-state index contributed by atoms with van der Waals surface area (Å²) in [6.07, 6.45) is 0. The van der Waals surface area contributed by atoms with Crippen LogP contribution >= 0.6 is 11.3 Å². The summed E-state index contributed by atoms with van der Waals surface area (Å²) in [6, 6.07) is 75.6. The van der Waals surface area contributed by atoms with Gasteiger partial charge in [0.2, 0.25) is 0 Å². The summed E-state index contributed by atoms with van der Waals surface area (Å²) in [6.45, 7) is 4.76. The molecular weight excluding hydrogens is 743 g/mol. The highest BCUT2D eigenvalue weighted by atomic mass is 32.1. The minimum absolute atomic E-state index is 0.140. The molecule has 0 aliphatic heterocycles. The predicted molar refractivity (Wildman–Crippen MR) is 253 cm³/mol. The Kier molecular flexibility index (Phi) is 6.94. The Morgan fingerprint density at radius 2 is 0.817 bits per heavy atom. The summed E-state index contributed by atoms with van der Waals surface area (Å²) in [7, 11) is 0. The van der Waals surface area contributed by atoms with Crippen molar-refractivity contribution >= 4 is 48.6 Å². The van der Waals surface area contributed by atoms with Gasteiger partial charge in [-0.3, -0.25) is 0 Å². The molecule has 0 radical (unpaired) electrons. The third-order valence-corrected chi connectivity index (χ3v) is 15.0. The molecule has 1 heterocycles. The Labute approximate surface area is 354 Å². The Bertz CT molecular complexity index is 3370. The second-order valence-corrected chi connectivity index (χ2v) is 18.3. The van der Waals surface area contributed by atoms with E-state index in [1.54, 1.807) is 0 Å². The number of thiophene rings is 1. The number of hydrogen-bond donors (Lipinski definition) is 0. The van der Waals surface area contributed by atoms with E-state index in [0.29, 0.717) is 0 Å². The van der Waals surface area contributed by atoms with E-state index in [4.69, 9.17) is 0 Å². The average Bonchev–Trinajstić information content (AvgIpc) is 3.98. The van der Waals surface area contributed by atoms with Crippen molar-refractivity contribution in [3.8, 4) is 44.5 Å². The van der Waals surface area contributed by atoms with E-state index in [-0.39, 0.29) is 5.41 Å². The van der Waals surface area contributed by atoms with Crippen LogP contribution in [0, 0.1) is 0 Å². The van der Waals surface area contributed by atoms with Crippen LogP contribution in [0.5, 0.6) is 0 Å². The number of hydrogen-bond acceptors (Lipinski definition) is 2. The molecule has 3 aliphatic rings. The lowest BCUT2D eigenvalue weighted by atomic mass is 9.70. The minimum atomic E-state index is -0.438. The Balaban J connectivity index is 1.08. The van der Waals surface area contributed by atoms with Crippen LogP contribution in [0.2, 0.25) is 0 Å². The topological polar surface area (TPSA) is 3.24 Å². The lowest BCUT2D eigenvalue weighted by molar-refractivity contribution is 0.660. The fraction of sp³-hybridized carbons (Fsp3) is 0.0690. The number of benzene rings is 9. The Hall–Kier alpha value is -7.00. The quantitative estimate of drug-likeness (QED) is 0.172. The summed E-state index contributed by atoms with van der Waals surface area (Å²) < 4.78 is 2.64. The van der Waals surface area contributed by atoms with Crippen LogP contribution in [0.3, 0.4) is 0 Å². The van der Waals surface area contributed by atoms with E-state index in [1.165, 1.54) is 98.1 Å². The standard InChI is InChI=1S/C58H39NS/c1-57(2)48-21-9-3-16-40(48)44-30-28-37(34-52(44)57)59(54-25-13-7-15-39(54)36-27-32-56-47(33-36)46-20-8-14-26-55(46)60-56)38-29-31-45-43-19-6-12-24-51(43)58(53(45)35-38)49-22-10-4-17-41(49)42-18-5-11-23-50(42)58/h3-35H,1-2H3. The second kappa shape index (κ2) is 12.3. The van der Waals surface area contributed by atoms with Crippen LogP contribution in [0.1, 0.15) is 47.2 Å². The van der Waals surface area contributed by atoms with Crippen LogP contribution in [-0.4, -0.2) is 0 Å². The summed E-state index contributed by atoms with van der Waals surface area (Å²) in [4.78, 5) is 2.54. The maximum Gasteiger partial charge on any atom is 0.0726 e. The Morgan fingerprint density at radius 1 is 0.350 bits per heavy atom. The van der Waals surface area contributed by atoms with Gasteiger partial charge in [0.25, 0.3) is 0 Å². The molecule has 0 bridgehead atoms. The SMILES string of the molecule is CC1(C)c2ccccc2-c2ccc(N(c3ccc4c(c3)C3(c5ccccc5-c5ccccc53)c3ccccc3-4)c3ccccc3-c3ccc4sc5ccccc5c4c3)cc21. The van der Waals surface area contributed by atoms with E-state index in [2.05, 4.69) is 219 Å². The van der Waals surface area contributed by atoms with E-state index in [9.17, 15) is 0 Å². The molecule has 1 aromatic heterocycles. The highest BCUT2D eigenvalue weighted by Gasteiger charge is 2.51.